The number of carbonyl (C=O) groups is 1. The molecule has 0 aliphatic carbocycles. The number of nitrogens with zero attached hydrogens (tertiary/aromatic N) is 3. The Bertz CT molecular complexity index is 1080. The van der Waals surface area contributed by atoms with Crippen molar-refractivity contribution in [3.8, 4) is 0 Å². The van der Waals surface area contributed by atoms with Gasteiger partial charge in [0.15, 0.2) is 0 Å². The number of azide groups is 1. The van der Waals surface area contributed by atoms with Gasteiger partial charge in [-0.15, -0.1) is 0 Å². The lowest BCUT2D eigenvalue weighted by Crippen LogP contribution is -2.12. The summed E-state index contributed by atoms with van der Waals surface area (Å²) in [7, 11) is -4.71. The van der Waals surface area contributed by atoms with Gasteiger partial charge in [-0.05, 0) is 28.8 Å². The fourth-order valence-electron chi connectivity index (χ4n) is 2.25. The first-order chi connectivity index (χ1) is 12.9. The van der Waals surface area contributed by atoms with Gasteiger partial charge in [-0.2, -0.15) is 8.42 Å². The predicted molar refractivity (Wildman–Crippen MR) is 105 cm³/mol. The Morgan fingerprint density at radius 1 is 1.15 bits per heavy atom. The standard InChI is InChI=1S/C19H15N3O4S/c1-2-14-13-17(21-22-20)12-11-15(14)9-6-10-18(27(24,25)26)19(23)16-7-4-3-5-8-16/h2-13H,1H2,(H,24,25,26)/b9-6+,18-10-. The molecule has 2 aromatic carbocycles. The van der Waals surface area contributed by atoms with Crippen LogP contribution in [-0.4, -0.2) is 18.8 Å². The summed E-state index contributed by atoms with van der Waals surface area (Å²) in [6.45, 7) is 3.67. The van der Waals surface area contributed by atoms with Crippen molar-refractivity contribution in [2.75, 3.05) is 0 Å². The molecule has 0 spiro atoms. The molecule has 0 aromatic heterocycles. The third-order valence-electron chi connectivity index (χ3n) is 3.51. The van der Waals surface area contributed by atoms with Crippen LogP contribution in [0.1, 0.15) is 21.5 Å². The molecule has 0 bridgehead atoms. The number of ketones is 1. The molecule has 0 saturated carbocycles. The Labute approximate surface area is 156 Å². The van der Waals surface area contributed by atoms with Crippen molar-refractivity contribution in [3.63, 3.8) is 0 Å². The highest BCUT2D eigenvalue weighted by Crippen LogP contribution is 2.21. The topological polar surface area (TPSA) is 120 Å². The van der Waals surface area contributed by atoms with Crippen LogP contribution in [0.25, 0.3) is 22.6 Å². The van der Waals surface area contributed by atoms with Crippen molar-refractivity contribution in [1.29, 1.82) is 0 Å². The molecular weight excluding hydrogens is 366 g/mol. The molecule has 2 aromatic rings. The first-order valence-electron chi connectivity index (χ1n) is 7.64. The van der Waals surface area contributed by atoms with Gasteiger partial charge in [-0.3, -0.25) is 9.35 Å². The van der Waals surface area contributed by atoms with E-state index in [4.69, 9.17) is 5.53 Å². The molecule has 8 heteroatoms. The van der Waals surface area contributed by atoms with E-state index in [0.717, 1.165) is 6.08 Å². The number of hydrogen-bond acceptors (Lipinski definition) is 4. The molecule has 7 nitrogen and oxygen atoms in total. The Kier molecular flexibility index (Phi) is 6.46. The van der Waals surface area contributed by atoms with Gasteiger partial charge >= 0.3 is 0 Å². The summed E-state index contributed by atoms with van der Waals surface area (Å²) in [4.78, 5) is 14.3. The molecular formula is C19H15N3O4S. The molecule has 1 N–H and O–H groups in total. The summed E-state index contributed by atoms with van der Waals surface area (Å²) < 4.78 is 32.6. The Hall–Kier alpha value is -3.45. The summed E-state index contributed by atoms with van der Waals surface area (Å²) in [6.07, 6.45) is 5.44. The maximum Gasteiger partial charge on any atom is 0.298 e. The highest BCUT2D eigenvalue weighted by atomic mass is 32.2. The number of benzene rings is 2. The normalized spacial score (nSPS) is 11.8. The summed E-state index contributed by atoms with van der Waals surface area (Å²) in [5.74, 6) is -0.814. The molecule has 0 aliphatic rings. The Balaban J connectivity index is 2.41. The third kappa shape index (κ3) is 5.26. The van der Waals surface area contributed by atoms with Gasteiger partial charge in [0.2, 0.25) is 5.78 Å². The van der Waals surface area contributed by atoms with Crippen molar-refractivity contribution in [3.05, 3.63) is 99.3 Å². The lowest BCUT2D eigenvalue weighted by atomic mass is 10.1. The van der Waals surface area contributed by atoms with E-state index in [1.165, 1.54) is 18.2 Å². The zero-order valence-corrected chi connectivity index (χ0v) is 14.9. The van der Waals surface area contributed by atoms with E-state index < -0.39 is 20.8 Å². The summed E-state index contributed by atoms with van der Waals surface area (Å²) in [5.41, 5.74) is 10.3. The minimum absolute atomic E-state index is 0.139. The van der Waals surface area contributed by atoms with Gasteiger partial charge in [0.05, 0.1) is 0 Å². The van der Waals surface area contributed by atoms with Crippen LogP contribution in [0.4, 0.5) is 5.69 Å². The maximum absolute atomic E-state index is 12.4. The molecule has 0 atom stereocenters. The van der Waals surface area contributed by atoms with E-state index in [2.05, 4.69) is 16.6 Å². The summed E-state index contributed by atoms with van der Waals surface area (Å²) in [6, 6.07) is 12.6. The number of allylic oxidation sites excluding steroid dienone is 3. The van der Waals surface area contributed by atoms with E-state index in [1.54, 1.807) is 48.6 Å². The van der Waals surface area contributed by atoms with Crippen molar-refractivity contribution < 1.29 is 17.8 Å². The minimum Gasteiger partial charge on any atom is -0.288 e. The third-order valence-corrected chi connectivity index (χ3v) is 4.39. The van der Waals surface area contributed by atoms with Crippen LogP contribution in [0.3, 0.4) is 0 Å². The number of carbonyl (C=O) groups excluding carboxylic acids is 1. The zero-order chi connectivity index (χ0) is 19.9. The fourth-order valence-corrected chi connectivity index (χ4v) is 2.86. The van der Waals surface area contributed by atoms with Gasteiger partial charge in [0.1, 0.15) is 4.91 Å². The average molecular weight is 381 g/mol. The van der Waals surface area contributed by atoms with E-state index in [1.807, 2.05) is 0 Å². The molecule has 27 heavy (non-hydrogen) atoms. The molecule has 0 amide bonds. The van der Waals surface area contributed by atoms with Crippen molar-refractivity contribution >= 4 is 33.7 Å². The number of Topliss-reactive ketones (excluding diaryl/α,β-unsaturated/α-hetero) is 1. The van der Waals surface area contributed by atoms with Crippen LogP contribution in [-0.2, 0) is 10.1 Å². The SMILES string of the molecule is C=Cc1cc(N=[N+]=[N-])ccc1/C=C/C=C(/C(=O)c1ccccc1)S(=O)(=O)O. The van der Waals surface area contributed by atoms with Gasteiger partial charge < -0.3 is 0 Å². The first kappa shape index (κ1) is 19.9. The summed E-state index contributed by atoms with van der Waals surface area (Å²) in [5, 5.41) is 3.49. The first-order valence-corrected chi connectivity index (χ1v) is 9.08. The van der Waals surface area contributed by atoms with Gasteiger partial charge in [-0.1, -0.05) is 72.4 Å². The number of hydrogen-bond donors (Lipinski definition) is 1. The molecule has 0 heterocycles. The highest BCUT2D eigenvalue weighted by molar-refractivity contribution is 7.90. The Morgan fingerprint density at radius 2 is 1.85 bits per heavy atom. The van der Waals surface area contributed by atoms with Crippen LogP contribution >= 0.6 is 0 Å². The quantitative estimate of drug-likeness (QED) is 0.139. The second kappa shape index (κ2) is 8.77. The maximum atomic E-state index is 12.4. The molecule has 0 saturated heterocycles. The van der Waals surface area contributed by atoms with Crippen LogP contribution in [0.2, 0.25) is 0 Å². The molecule has 0 aliphatic heterocycles. The summed E-state index contributed by atoms with van der Waals surface area (Å²) >= 11 is 0. The molecule has 0 fully saturated rings. The molecule has 136 valence electrons. The molecule has 0 unspecified atom stereocenters. The van der Waals surface area contributed by atoms with Crippen LogP contribution in [0.15, 0.2) is 77.3 Å². The minimum atomic E-state index is -4.71. The zero-order valence-electron chi connectivity index (χ0n) is 14.1. The fraction of sp³-hybridized carbons (Fsp3) is 0. The average Bonchev–Trinajstić information content (AvgIpc) is 2.65. The van der Waals surface area contributed by atoms with Gasteiger partial charge in [0.25, 0.3) is 10.1 Å². The smallest absolute Gasteiger partial charge is 0.288 e. The van der Waals surface area contributed by atoms with E-state index in [9.17, 15) is 17.8 Å². The predicted octanol–water partition coefficient (Wildman–Crippen LogP) is 4.94. The van der Waals surface area contributed by atoms with Crippen LogP contribution < -0.4 is 0 Å². The molecule has 0 radical (unpaired) electrons. The van der Waals surface area contributed by atoms with Crippen molar-refractivity contribution in [2.24, 2.45) is 5.11 Å². The van der Waals surface area contributed by atoms with E-state index in [0.29, 0.717) is 16.8 Å². The van der Waals surface area contributed by atoms with Gasteiger partial charge in [0, 0.05) is 16.2 Å². The molecule has 2 rings (SSSR count). The largest absolute Gasteiger partial charge is 0.298 e. The Morgan fingerprint density at radius 3 is 2.44 bits per heavy atom. The van der Waals surface area contributed by atoms with Crippen molar-refractivity contribution in [2.45, 2.75) is 0 Å². The van der Waals surface area contributed by atoms with Crippen LogP contribution in [0.5, 0.6) is 0 Å². The van der Waals surface area contributed by atoms with Crippen molar-refractivity contribution in [1.82, 2.24) is 0 Å². The second-order valence-electron chi connectivity index (χ2n) is 5.27. The lowest BCUT2D eigenvalue weighted by molar-refractivity contribution is 0.104. The van der Waals surface area contributed by atoms with Crippen LogP contribution in [0, 0.1) is 0 Å². The van der Waals surface area contributed by atoms with E-state index in [-0.39, 0.29) is 5.56 Å². The highest BCUT2D eigenvalue weighted by Gasteiger charge is 2.22. The van der Waals surface area contributed by atoms with Gasteiger partial charge in [-0.25, -0.2) is 0 Å². The monoisotopic (exact) mass is 381 g/mol. The van der Waals surface area contributed by atoms with E-state index >= 15 is 0 Å². The second-order valence-corrected chi connectivity index (χ2v) is 6.66. The lowest BCUT2D eigenvalue weighted by Gasteiger charge is -2.03. The number of rotatable bonds is 7.